The highest BCUT2D eigenvalue weighted by Crippen LogP contribution is 2.21. The van der Waals surface area contributed by atoms with Crippen molar-refractivity contribution in [1.29, 1.82) is 0 Å². The van der Waals surface area contributed by atoms with E-state index in [0.717, 1.165) is 22.3 Å². The molecular formula is C19H17NO. The number of hydrogen-bond acceptors (Lipinski definition) is 1. The maximum absolute atomic E-state index is 12.8. The molecule has 0 aliphatic rings. The Labute approximate surface area is 124 Å². The van der Waals surface area contributed by atoms with Crippen LogP contribution < -0.4 is 5.43 Å². The van der Waals surface area contributed by atoms with Crippen LogP contribution in [0.25, 0.3) is 22.3 Å². The number of benzene rings is 2. The van der Waals surface area contributed by atoms with E-state index in [-0.39, 0.29) is 5.43 Å². The summed E-state index contributed by atoms with van der Waals surface area (Å²) in [6.07, 6.45) is 3.77. The van der Waals surface area contributed by atoms with Gasteiger partial charge in [0.1, 0.15) is 0 Å². The van der Waals surface area contributed by atoms with Gasteiger partial charge in [-0.1, -0.05) is 60.2 Å². The highest BCUT2D eigenvalue weighted by molar-refractivity contribution is 5.71. The summed E-state index contributed by atoms with van der Waals surface area (Å²) in [6.45, 7) is 2.04. The lowest BCUT2D eigenvalue weighted by atomic mass is 10.0. The molecule has 0 unspecified atom stereocenters. The van der Waals surface area contributed by atoms with E-state index >= 15 is 0 Å². The highest BCUT2D eigenvalue weighted by atomic mass is 16.1. The molecule has 0 aliphatic carbocycles. The predicted octanol–water partition coefficient (Wildman–Crippen LogP) is 4.03. The van der Waals surface area contributed by atoms with Crippen LogP contribution in [0.5, 0.6) is 0 Å². The fraction of sp³-hybridized carbons (Fsp3) is 0.105. The zero-order valence-electron chi connectivity index (χ0n) is 12.2. The average Bonchev–Trinajstić information content (AvgIpc) is 2.51. The minimum atomic E-state index is 0.0724. The number of aryl methyl sites for hydroxylation is 2. The second kappa shape index (κ2) is 5.41. The molecule has 0 amide bonds. The maximum atomic E-state index is 12.8. The molecule has 2 nitrogen and oxygen atoms in total. The standard InChI is InChI=1S/C19H17NO/c1-14-8-10-16(11-9-14)18-13-20(2)12-17(19(18)21)15-6-4-3-5-7-15/h3-13H,1-2H3. The topological polar surface area (TPSA) is 22.0 Å². The molecule has 1 heterocycles. The fourth-order valence-electron chi connectivity index (χ4n) is 2.47. The van der Waals surface area contributed by atoms with Gasteiger partial charge in [-0.15, -0.1) is 0 Å². The molecule has 21 heavy (non-hydrogen) atoms. The number of rotatable bonds is 2. The molecule has 0 saturated heterocycles. The molecule has 0 spiro atoms. The normalized spacial score (nSPS) is 10.6. The van der Waals surface area contributed by atoms with Crippen LogP contribution in [0.3, 0.4) is 0 Å². The Morgan fingerprint density at radius 3 is 1.86 bits per heavy atom. The summed E-state index contributed by atoms with van der Waals surface area (Å²) in [5, 5.41) is 0. The van der Waals surface area contributed by atoms with Crippen molar-refractivity contribution in [1.82, 2.24) is 4.57 Å². The second-order valence-corrected chi connectivity index (χ2v) is 5.31. The van der Waals surface area contributed by atoms with Crippen LogP contribution in [0.4, 0.5) is 0 Å². The molecular weight excluding hydrogens is 258 g/mol. The lowest BCUT2D eigenvalue weighted by molar-refractivity contribution is 0.904. The Morgan fingerprint density at radius 1 is 0.762 bits per heavy atom. The van der Waals surface area contributed by atoms with Crippen molar-refractivity contribution in [3.8, 4) is 22.3 Å². The summed E-state index contributed by atoms with van der Waals surface area (Å²) in [5.74, 6) is 0. The first-order valence-electron chi connectivity index (χ1n) is 6.98. The van der Waals surface area contributed by atoms with Crippen LogP contribution in [0, 0.1) is 6.92 Å². The van der Waals surface area contributed by atoms with E-state index in [1.165, 1.54) is 5.56 Å². The van der Waals surface area contributed by atoms with E-state index in [4.69, 9.17) is 0 Å². The van der Waals surface area contributed by atoms with Gasteiger partial charge in [0.05, 0.1) is 0 Å². The first-order chi connectivity index (χ1) is 10.1. The van der Waals surface area contributed by atoms with E-state index in [9.17, 15) is 4.79 Å². The molecule has 3 rings (SSSR count). The van der Waals surface area contributed by atoms with Crippen LogP contribution in [-0.2, 0) is 7.05 Å². The molecule has 0 atom stereocenters. The Kier molecular flexibility index (Phi) is 3.44. The lowest BCUT2D eigenvalue weighted by Crippen LogP contribution is -2.11. The number of aromatic nitrogens is 1. The van der Waals surface area contributed by atoms with Gasteiger partial charge < -0.3 is 4.57 Å². The Balaban J connectivity index is 2.22. The van der Waals surface area contributed by atoms with Crippen molar-refractivity contribution in [2.75, 3.05) is 0 Å². The lowest BCUT2D eigenvalue weighted by Gasteiger charge is -2.09. The highest BCUT2D eigenvalue weighted by Gasteiger charge is 2.10. The van der Waals surface area contributed by atoms with Gasteiger partial charge in [0, 0.05) is 30.6 Å². The van der Waals surface area contributed by atoms with Gasteiger partial charge in [-0.2, -0.15) is 0 Å². The van der Waals surface area contributed by atoms with Gasteiger partial charge in [-0.25, -0.2) is 0 Å². The smallest absolute Gasteiger partial charge is 0.197 e. The quantitative estimate of drug-likeness (QED) is 0.692. The summed E-state index contributed by atoms with van der Waals surface area (Å²) >= 11 is 0. The molecule has 0 fully saturated rings. The molecule has 104 valence electrons. The van der Waals surface area contributed by atoms with E-state index in [2.05, 4.69) is 0 Å². The minimum Gasteiger partial charge on any atom is -0.356 e. The van der Waals surface area contributed by atoms with Crippen molar-refractivity contribution < 1.29 is 0 Å². The molecule has 0 N–H and O–H groups in total. The van der Waals surface area contributed by atoms with Crippen LogP contribution in [0.2, 0.25) is 0 Å². The van der Waals surface area contributed by atoms with Gasteiger partial charge in [-0.3, -0.25) is 4.79 Å². The van der Waals surface area contributed by atoms with Crippen molar-refractivity contribution in [3.05, 3.63) is 82.8 Å². The SMILES string of the molecule is Cc1ccc(-c2cn(C)cc(-c3ccccc3)c2=O)cc1. The van der Waals surface area contributed by atoms with Crippen molar-refractivity contribution >= 4 is 0 Å². The van der Waals surface area contributed by atoms with Crippen LogP contribution in [0.15, 0.2) is 71.8 Å². The number of pyridine rings is 1. The first-order valence-corrected chi connectivity index (χ1v) is 6.98. The monoisotopic (exact) mass is 275 g/mol. The maximum Gasteiger partial charge on any atom is 0.197 e. The molecule has 0 saturated carbocycles. The van der Waals surface area contributed by atoms with Gasteiger partial charge in [0.2, 0.25) is 0 Å². The first kappa shape index (κ1) is 13.4. The Hall–Kier alpha value is -2.61. The van der Waals surface area contributed by atoms with Crippen molar-refractivity contribution in [2.45, 2.75) is 6.92 Å². The van der Waals surface area contributed by atoms with Gasteiger partial charge in [0.25, 0.3) is 0 Å². The average molecular weight is 275 g/mol. The molecule has 2 heteroatoms. The summed E-state index contributed by atoms with van der Waals surface area (Å²) < 4.78 is 1.94. The van der Waals surface area contributed by atoms with E-state index in [1.54, 1.807) is 0 Å². The van der Waals surface area contributed by atoms with Crippen molar-refractivity contribution in [3.63, 3.8) is 0 Å². The van der Waals surface area contributed by atoms with Gasteiger partial charge in [0.15, 0.2) is 5.43 Å². The molecule has 1 aromatic heterocycles. The fourth-order valence-corrected chi connectivity index (χ4v) is 2.47. The van der Waals surface area contributed by atoms with E-state index in [1.807, 2.05) is 85.5 Å². The zero-order chi connectivity index (χ0) is 14.8. The Morgan fingerprint density at radius 2 is 1.29 bits per heavy atom. The van der Waals surface area contributed by atoms with Crippen LogP contribution >= 0.6 is 0 Å². The summed E-state index contributed by atoms with van der Waals surface area (Å²) in [5.41, 5.74) is 4.64. The molecule has 3 aromatic rings. The van der Waals surface area contributed by atoms with Crippen molar-refractivity contribution in [2.24, 2.45) is 7.05 Å². The summed E-state index contributed by atoms with van der Waals surface area (Å²) in [7, 11) is 1.95. The minimum absolute atomic E-state index is 0.0724. The third-order valence-corrected chi connectivity index (χ3v) is 3.60. The van der Waals surface area contributed by atoms with Gasteiger partial charge >= 0.3 is 0 Å². The zero-order valence-corrected chi connectivity index (χ0v) is 12.2. The van der Waals surface area contributed by atoms with Crippen LogP contribution in [0.1, 0.15) is 5.56 Å². The molecule has 0 aliphatic heterocycles. The Bertz CT molecular complexity index is 814. The summed E-state index contributed by atoms with van der Waals surface area (Å²) in [4.78, 5) is 12.8. The third-order valence-electron chi connectivity index (χ3n) is 3.60. The third kappa shape index (κ3) is 2.65. The predicted molar refractivity (Wildman–Crippen MR) is 87.3 cm³/mol. The number of nitrogens with zero attached hydrogens (tertiary/aromatic N) is 1. The van der Waals surface area contributed by atoms with E-state index < -0.39 is 0 Å². The second-order valence-electron chi connectivity index (χ2n) is 5.31. The molecule has 0 bridgehead atoms. The van der Waals surface area contributed by atoms with E-state index in [0.29, 0.717) is 0 Å². The number of hydrogen-bond donors (Lipinski definition) is 0. The molecule has 2 aromatic carbocycles. The van der Waals surface area contributed by atoms with Gasteiger partial charge in [-0.05, 0) is 18.1 Å². The van der Waals surface area contributed by atoms with Crippen LogP contribution in [-0.4, -0.2) is 4.57 Å². The molecule has 0 radical (unpaired) electrons. The largest absolute Gasteiger partial charge is 0.356 e. The summed E-state index contributed by atoms with van der Waals surface area (Å²) in [6, 6.07) is 17.9.